The third kappa shape index (κ3) is 5.39. The molecular formula is C19H20N4O2S. The molecule has 2 N–H and O–H groups in total. The summed E-state index contributed by atoms with van der Waals surface area (Å²) in [7, 11) is 0. The molecule has 0 radical (unpaired) electrons. The van der Waals surface area contributed by atoms with Gasteiger partial charge in [-0.2, -0.15) is 5.26 Å². The minimum Gasteiger partial charge on any atom is -0.356 e. The molecule has 1 aromatic heterocycles. The highest BCUT2D eigenvalue weighted by Gasteiger charge is 2.28. The second-order valence-corrected chi connectivity index (χ2v) is 7.45. The molecule has 1 aliphatic carbocycles. The predicted octanol–water partition coefficient (Wildman–Crippen LogP) is 2.85. The van der Waals surface area contributed by atoms with Gasteiger partial charge in [0.25, 0.3) is 0 Å². The maximum atomic E-state index is 12.0. The summed E-state index contributed by atoms with van der Waals surface area (Å²) in [6, 6.07) is 9.53. The van der Waals surface area contributed by atoms with E-state index < -0.39 is 0 Å². The lowest BCUT2D eigenvalue weighted by Crippen LogP contribution is -2.26. The number of hydrogen-bond acceptors (Lipinski definition) is 5. The fourth-order valence-corrected chi connectivity index (χ4v) is 3.34. The van der Waals surface area contributed by atoms with Crippen LogP contribution in [0.4, 0.5) is 5.13 Å². The van der Waals surface area contributed by atoms with Gasteiger partial charge in [0.05, 0.1) is 11.6 Å². The molecule has 2 aromatic rings. The van der Waals surface area contributed by atoms with Crippen LogP contribution < -0.4 is 10.6 Å². The maximum Gasteiger partial charge on any atom is 0.226 e. The molecule has 134 valence electrons. The van der Waals surface area contributed by atoms with Gasteiger partial charge in [-0.1, -0.05) is 12.1 Å². The van der Waals surface area contributed by atoms with E-state index >= 15 is 0 Å². The van der Waals surface area contributed by atoms with Gasteiger partial charge < -0.3 is 10.6 Å². The van der Waals surface area contributed by atoms with Crippen molar-refractivity contribution in [2.75, 3.05) is 11.9 Å². The van der Waals surface area contributed by atoms with Crippen molar-refractivity contribution in [3.63, 3.8) is 0 Å². The van der Waals surface area contributed by atoms with Gasteiger partial charge in [0.15, 0.2) is 5.13 Å². The summed E-state index contributed by atoms with van der Waals surface area (Å²) < 4.78 is 0. The Balaban J connectivity index is 1.40. The van der Waals surface area contributed by atoms with E-state index in [-0.39, 0.29) is 17.7 Å². The van der Waals surface area contributed by atoms with Crippen molar-refractivity contribution in [1.29, 1.82) is 5.26 Å². The van der Waals surface area contributed by atoms with Crippen molar-refractivity contribution < 1.29 is 9.59 Å². The quantitative estimate of drug-likeness (QED) is 0.701. The van der Waals surface area contributed by atoms with Crippen molar-refractivity contribution in [3.8, 4) is 6.07 Å². The van der Waals surface area contributed by atoms with Crippen LogP contribution in [0.5, 0.6) is 0 Å². The van der Waals surface area contributed by atoms with Crippen LogP contribution in [0.25, 0.3) is 0 Å². The number of benzene rings is 1. The number of carbonyl (C=O) groups excluding carboxylic acids is 2. The van der Waals surface area contributed by atoms with Crippen LogP contribution >= 0.6 is 11.3 Å². The summed E-state index contributed by atoms with van der Waals surface area (Å²) in [6.45, 7) is 0.532. The standard InChI is InChI=1S/C19H20N4O2S/c20-11-14-5-3-13(4-6-14)10-16-12-22-19(26-16)23-17(24)2-1-9-21-18(25)15-7-8-15/h3-6,12,15H,1-2,7-10H2,(H,21,25)(H,22,23,24). The number of hydrogen-bond donors (Lipinski definition) is 2. The first-order chi connectivity index (χ1) is 12.6. The molecule has 26 heavy (non-hydrogen) atoms. The molecule has 0 saturated heterocycles. The third-order valence-corrected chi connectivity index (χ3v) is 5.00. The van der Waals surface area contributed by atoms with Crippen LogP contribution in [0.2, 0.25) is 0 Å². The lowest BCUT2D eigenvalue weighted by atomic mass is 10.1. The molecule has 6 nitrogen and oxygen atoms in total. The molecule has 0 unspecified atom stereocenters. The van der Waals surface area contributed by atoms with Gasteiger partial charge in [0.1, 0.15) is 0 Å². The fourth-order valence-electron chi connectivity index (χ4n) is 2.48. The molecule has 0 atom stereocenters. The Bertz CT molecular complexity index is 819. The Morgan fingerprint density at radius 2 is 2.04 bits per heavy atom. The summed E-state index contributed by atoms with van der Waals surface area (Å²) in [5, 5.41) is 15.1. The van der Waals surface area contributed by atoms with Crippen LogP contribution in [-0.4, -0.2) is 23.3 Å². The SMILES string of the molecule is N#Cc1ccc(Cc2cnc(NC(=O)CCCNC(=O)C3CC3)s2)cc1. The Morgan fingerprint density at radius 3 is 2.73 bits per heavy atom. The number of rotatable bonds is 8. The lowest BCUT2D eigenvalue weighted by Gasteiger charge is -2.04. The van der Waals surface area contributed by atoms with E-state index in [1.807, 2.05) is 12.1 Å². The number of nitriles is 1. The number of carbonyl (C=O) groups is 2. The first-order valence-electron chi connectivity index (χ1n) is 8.65. The van der Waals surface area contributed by atoms with Crippen LogP contribution in [0.1, 0.15) is 41.7 Å². The van der Waals surface area contributed by atoms with Crippen LogP contribution in [0, 0.1) is 17.2 Å². The summed E-state index contributed by atoms with van der Waals surface area (Å²) in [5.41, 5.74) is 1.73. The highest BCUT2D eigenvalue weighted by molar-refractivity contribution is 7.15. The number of thiazole rings is 1. The van der Waals surface area contributed by atoms with Crippen molar-refractivity contribution in [3.05, 3.63) is 46.5 Å². The largest absolute Gasteiger partial charge is 0.356 e. The fraction of sp³-hybridized carbons (Fsp3) is 0.368. The summed E-state index contributed by atoms with van der Waals surface area (Å²) in [5.74, 6) is 0.219. The van der Waals surface area contributed by atoms with E-state index in [0.29, 0.717) is 36.5 Å². The summed E-state index contributed by atoms with van der Waals surface area (Å²) >= 11 is 1.44. The van der Waals surface area contributed by atoms with E-state index in [0.717, 1.165) is 23.3 Å². The van der Waals surface area contributed by atoms with Gasteiger partial charge in [-0.3, -0.25) is 9.59 Å². The highest BCUT2D eigenvalue weighted by atomic mass is 32.1. The van der Waals surface area contributed by atoms with Crippen molar-refractivity contribution in [2.24, 2.45) is 5.92 Å². The molecule has 0 spiro atoms. The molecule has 7 heteroatoms. The molecule has 0 bridgehead atoms. The normalized spacial score (nSPS) is 13.0. The predicted molar refractivity (Wildman–Crippen MR) is 99.7 cm³/mol. The lowest BCUT2D eigenvalue weighted by molar-refractivity contribution is -0.122. The molecule has 1 fully saturated rings. The molecule has 1 heterocycles. The van der Waals surface area contributed by atoms with Gasteiger partial charge in [-0.25, -0.2) is 4.98 Å². The van der Waals surface area contributed by atoms with E-state index in [1.54, 1.807) is 18.3 Å². The number of amides is 2. The zero-order chi connectivity index (χ0) is 18.4. The van der Waals surface area contributed by atoms with Crippen molar-refractivity contribution in [2.45, 2.75) is 32.1 Å². The topological polar surface area (TPSA) is 94.9 Å². The minimum atomic E-state index is -0.0926. The van der Waals surface area contributed by atoms with Crippen LogP contribution in [0.3, 0.4) is 0 Å². The van der Waals surface area contributed by atoms with Gasteiger partial charge in [-0.05, 0) is 37.0 Å². The average Bonchev–Trinajstić information content (AvgIpc) is 3.41. The Morgan fingerprint density at radius 1 is 1.27 bits per heavy atom. The molecule has 3 rings (SSSR count). The Labute approximate surface area is 156 Å². The average molecular weight is 368 g/mol. The minimum absolute atomic E-state index is 0.0926. The molecule has 1 aromatic carbocycles. The summed E-state index contributed by atoms with van der Waals surface area (Å²) in [6.07, 6.45) is 5.42. The van der Waals surface area contributed by atoms with Gasteiger partial charge >= 0.3 is 0 Å². The van der Waals surface area contributed by atoms with Crippen molar-refractivity contribution in [1.82, 2.24) is 10.3 Å². The summed E-state index contributed by atoms with van der Waals surface area (Å²) in [4.78, 5) is 28.7. The maximum absolute atomic E-state index is 12.0. The second kappa shape index (κ2) is 8.59. The molecule has 0 aliphatic heterocycles. The number of nitrogens with one attached hydrogen (secondary N) is 2. The zero-order valence-corrected chi connectivity index (χ0v) is 15.1. The van der Waals surface area contributed by atoms with Crippen LogP contribution in [-0.2, 0) is 16.0 Å². The van der Waals surface area contributed by atoms with E-state index in [1.165, 1.54) is 11.3 Å². The van der Waals surface area contributed by atoms with E-state index in [4.69, 9.17) is 5.26 Å². The molecular weight excluding hydrogens is 348 g/mol. The Hall–Kier alpha value is -2.72. The third-order valence-electron chi connectivity index (χ3n) is 4.09. The smallest absolute Gasteiger partial charge is 0.226 e. The Kier molecular flexibility index (Phi) is 5.97. The monoisotopic (exact) mass is 368 g/mol. The molecule has 2 amide bonds. The van der Waals surface area contributed by atoms with E-state index in [9.17, 15) is 9.59 Å². The highest BCUT2D eigenvalue weighted by Crippen LogP contribution is 2.28. The first kappa shape index (κ1) is 18.1. The van der Waals surface area contributed by atoms with Crippen molar-refractivity contribution >= 4 is 28.3 Å². The van der Waals surface area contributed by atoms with Gasteiger partial charge in [0, 0.05) is 36.4 Å². The van der Waals surface area contributed by atoms with Gasteiger partial charge in [-0.15, -0.1) is 11.3 Å². The second-order valence-electron chi connectivity index (χ2n) is 6.33. The van der Waals surface area contributed by atoms with Gasteiger partial charge in [0.2, 0.25) is 11.8 Å². The molecule has 1 aliphatic rings. The van der Waals surface area contributed by atoms with Crippen LogP contribution in [0.15, 0.2) is 30.5 Å². The number of anilines is 1. The molecule has 1 saturated carbocycles. The number of nitrogens with zero attached hydrogens (tertiary/aromatic N) is 2. The number of aromatic nitrogens is 1. The van der Waals surface area contributed by atoms with E-state index in [2.05, 4.69) is 21.7 Å². The first-order valence-corrected chi connectivity index (χ1v) is 9.47. The zero-order valence-electron chi connectivity index (χ0n) is 14.3.